The van der Waals surface area contributed by atoms with Gasteiger partial charge in [-0.3, -0.25) is 0 Å². The zero-order valence-electron chi connectivity index (χ0n) is 13.0. The van der Waals surface area contributed by atoms with Crippen molar-refractivity contribution >= 4 is 15.5 Å². The Balaban J connectivity index is 1.76. The number of ether oxygens (including phenoxy) is 1. The van der Waals surface area contributed by atoms with Crippen molar-refractivity contribution in [3.8, 4) is 0 Å². The van der Waals surface area contributed by atoms with E-state index in [1.807, 2.05) is 0 Å². The van der Waals surface area contributed by atoms with Gasteiger partial charge in [-0.15, -0.1) is 0 Å². The molecule has 0 unspecified atom stereocenters. The Kier molecular flexibility index (Phi) is 6.77. The summed E-state index contributed by atoms with van der Waals surface area (Å²) in [5, 5.41) is 3.10. The molecule has 2 rings (SSSR count). The molecule has 130 valence electrons. The number of nitrogens with one attached hydrogen (secondary N) is 1. The molecule has 1 saturated carbocycles. The summed E-state index contributed by atoms with van der Waals surface area (Å²) in [5.41, 5.74) is 0.683. The number of halogens is 2. The van der Waals surface area contributed by atoms with E-state index in [9.17, 15) is 17.2 Å². The molecule has 1 aliphatic carbocycles. The van der Waals surface area contributed by atoms with Crippen molar-refractivity contribution in [3.05, 3.63) is 24.3 Å². The Morgan fingerprint density at radius 1 is 1.09 bits per heavy atom. The molecule has 0 amide bonds. The largest absolute Gasteiger partial charge is 0.383 e. The Bertz CT molecular complexity index is 567. The molecule has 1 N–H and O–H groups in total. The summed E-state index contributed by atoms with van der Waals surface area (Å²) in [7, 11) is -4.52. The molecule has 23 heavy (non-hydrogen) atoms. The smallest absolute Gasteiger partial charge is 0.341 e. The van der Waals surface area contributed by atoms with Crippen molar-refractivity contribution in [3.63, 3.8) is 0 Å². The number of anilines is 1. The fourth-order valence-corrected chi connectivity index (χ4v) is 3.42. The average molecular weight is 347 g/mol. The molecular formula is C16H23F2NO3S. The zero-order chi connectivity index (χ0) is 16.7. The average Bonchev–Trinajstić information content (AvgIpc) is 2.80. The summed E-state index contributed by atoms with van der Waals surface area (Å²) >= 11 is 0. The second-order valence-corrected chi connectivity index (χ2v) is 7.66. The lowest BCUT2D eigenvalue weighted by Gasteiger charge is -2.16. The van der Waals surface area contributed by atoms with Gasteiger partial charge in [-0.25, -0.2) is 8.42 Å². The highest BCUT2D eigenvalue weighted by Gasteiger charge is 2.26. The molecule has 1 aliphatic rings. The highest BCUT2D eigenvalue weighted by Crippen LogP contribution is 2.21. The third-order valence-corrected chi connectivity index (χ3v) is 5.40. The van der Waals surface area contributed by atoms with Crippen LogP contribution in [0, 0.1) is 0 Å². The van der Waals surface area contributed by atoms with Crippen LogP contribution >= 0.6 is 0 Å². The van der Waals surface area contributed by atoms with Crippen LogP contribution in [0.3, 0.4) is 0 Å². The third-order valence-electron chi connectivity index (χ3n) is 4.00. The van der Waals surface area contributed by atoms with Crippen molar-refractivity contribution in [2.24, 2.45) is 0 Å². The van der Waals surface area contributed by atoms with Crippen LogP contribution in [0.4, 0.5) is 14.5 Å². The zero-order valence-corrected chi connectivity index (χ0v) is 13.8. The topological polar surface area (TPSA) is 55.4 Å². The van der Waals surface area contributed by atoms with Crippen LogP contribution in [0.25, 0.3) is 0 Å². The minimum atomic E-state index is -4.52. The maximum absolute atomic E-state index is 12.4. The Labute approximate surface area is 136 Å². The van der Waals surface area contributed by atoms with Crippen molar-refractivity contribution in [2.45, 2.75) is 55.3 Å². The first-order valence-corrected chi connectivity index (χ1v) is 9.52. The van der Waals surface area contributed by atoms with Crippen LogP contribution in [-0.4, -0.2) is 33.4 Å². The van der Waals surface area contributed by atoms with Gasteiger partial charge in [-0.05, 0) is 37.1 Å². The minimum Gasteiger partial charge on any atom is -0.383 e. The van der Waals surface area contributed by atoms with Crippen molar-refractivity contribution in [2.75, 3.05) is 18.5 Å². The van der Waals surface area contributed by atoms with Crippen molar-refractivity contribution in [1.82, 2.24) is 0 Å². The number of rotatable bonds is 7. The monoisotopic (exact) mass is 347 g/mol. The second-order valence-electron chi connectivity index (χ2n) is 5.74. The van der Waals surface area contributed by atoms with Crippen molar-refractivity contribution < 1.29 is 21.9 Å². The molecule has 1 aromatic rings. The maximum atomic E-state index is 12.4. The molecule has 7 heteroatoms. The first-order chi connectivity index (χ1) is 11.0. The summed E-state index contributed by atoms with van der Waals surface area (Å²) < 4.78 is 53.3. The summed E-state index contributed by atoms with van der Waals surface area (Å²) in [5.74, 6) is -3.39. The molecule has 1 aromatic carbocycles. The lowest BCUT2D eigenvalue weighted by atomic mass is 10.1. The first kappa shape index (κ1) is 18.1. The summed E-state index contributed by atoms with van der Waals surface area (Å²) in [4.78, 5) is -0.368. The molecular weight excluding hydrogens is 324 g/mol. The summed E-state index contributed by atoms with van der Waals surface area (Å²) in [6, 6.07) is 5.35. The van der Waals surface area contributed by atoms with Gasteiger partial charge in [0.2, 0.25) is 9.84 Å². The lowest BCUT2D eigenvalue weighted by Crippen LogP contribution is -2.17. The normalized spacial score (nSPS) is 17.2. The van der Waals surface area contributed by atoms with Gasteiger partial charge >= 0.3 is 5.76 Å². The van der Waals surface area contributed by atoms with Gasteiger partial charge in [0.15, 0.2) is 0 Å². The van der Waals surface area contributed by atoms with Gasteiger partial charge in [0.05, 0.1) is 17.6 Å². The van der Waals surface area contributed by atoms with E-state index in [1.165, 1.54) is 49.9 Å². The highest BCUT2D eigenvalue weighted by atomic mass is 32.2. The Morgan fingerprint density at radius 3 is 2.26 bits per heavy atom. The van der Waals surface area contributed by atoms with E-state index in [4.69, 9.17) is 4.74 Å². The van der Waals surface area contributed by atoms with E-state index in [0.29, 0.717) is 24.9 Å². The summed E-state index contributed by atoms with van der Waals surface area (Å²) in [6.07, 6.45) is 7.56. The van der Waals surface area contributed by atoms with Crippen LogP contribution in [0.5, 0.6) is 0 Å². The molecule has 1 fully saturated rings. The SMILES string of the molecule is O=S(=O)(c1ccc(NCCOC2CCCCCC2)cc1)C(F)F. The van der Waals surface area contributed by atoms with Crippen LogP contribution in [0.1, 0.15) is 38.5 Å². The highest BCUT2D eigenvalue weighted by molar-refractivity contribution is 7.91. The van der Waals surface area contributed by atoms with Crippen LogP contribution in [0.2, 0.25) is 0 Å². The molecule has 0 spiro atoms. The predicted molar refractivity (Wildman–Crippen MR) is 85.6 cm³/mol. The van der Waals surface area contributed by atoms with Gasteiger partial charge in [0.1, 0.15) is 0 Å². The first-order valence-electron chi connectivity index (χ1n) is 7.98. The molecule has 0 radical (unpaired) electrons. The van der Waals surface area contributed by atoms with Crippen LogP contribution in [0.15, 0.2) is 29.2 Å². The molecule has 0 atom stereocenters. The second kappa shape index (κ2) is 8.59. The van der Waals surface area contributed by atoms with Gasteiger partial charge in [-0.1, -0.05) is 25.7 Å². The number of hydrogen-bond acceptors (Lipinski definition) is 4. The van der Waals surface area contributed by atoms with E-state index in [1.54, 1.807) is 0 Å². The molecule has 0 aliphatic heterocycles. The fraction of sp³-hybridized carbons (Fsp3) is 0.625. The van der Waals surface area contributed by atoms with Crippen LogP contribution in [-0.2, 0) is 14.6 Å². The molecule has 0 heterocycles. The van der Waals surface area contributed by atoms with E-state index >= 15 is 0 Å². The number of alkyl halides is 2. The molecule has 4 nitrogen and oxygen atoms in total. The predicted octanol–water partition coefficient (Wildman–Crippen LogP) is 3.83. The minimum absolute atomic E-state index is 0.331. The summed E-state index contributed by atoms with van der Waals surface area (Å²) in [6.45, 7) is 1.17. The van der Waals surface area contributed by atoms with E-state index in [0.717, 1.165) is 12.8 Å². The molecule has 0 bridgehead atoms. The lowest BCUT2D eigenvalue weighted by molar-refractivity contribution is 0.0501. The van der Waals surface area contributed by atoms with E-state index < -0.39 is 15.6 Å². The Morgan fingerprint density at radius 2 is 1.70 bits per heavy atom. The quantitative estimate of drug-likeness (QED) is 0.601. The van der Waals surface area contributed by atoms with E-state index in [-0.39, 0.29) is 4.90 Å². The number of sulfone groups is 1. The van der Waals surface area contributed by atoms with Gasteiger partial charge in [0, 0.05) is 12.2 Å². The van der Waals surface area contributed by atoms with Gasteiger partial charge < -0.3 is 10.1 Å². The maximum Gasteiger partial charge on any atom is 0.341 e. The number of hydrogen-bond donors (Lipinski definition) is 1. The van der Waals surface area contributed by atoms with Gasteiger partial charge in [0.25, 0.3) is 0 Å². The number of benzene rings is 1. The van der Waals surface area contributed by atoms with Crippen molar-refractivity contribution in [1.29, 1.82) is 0 Å². The fourth-order valence-electron chi connectivity index (χ4n) is 2.69. The molecule has 0 saturated heterocycles. The third kappa shape index (κ3) is 5.42. The van der Waals surface area contributed by atoms with Gasteiger partial charge in [-0.2, -0.15) is 8.78 Å². The molecule has 0 aromatic heterocycles. The van der Waals surface area contributed by atoms with E-state index in [2.05, 4.69) is 5.32 Å². The van der Waals surface area contributed by atoms with Crippen LogP contribution < -0.4 is 5.32 Å². The standard InChI is InChI=1S/C16H23F2NO3S/c17-16(18)23(20,21)15-9-7-13(8-10-15)19-11-12-22-14-5-3-1-2-4-6-14/h7-10,14,16,19H,1-6,11-12H2. The Hall–Kier alpha value is -1.21.